The normalized spacial score (nSPS) is 28.2. The number of urea groups is 1. The lowest BCUT2D eigenvalue weighted by Crippen LogP contribution is -2.54. The van der Waals surface area contributed by atoms with Crippen LogP contribution in [0.2, 0.25) is 0 Å². The first-order chi connectivity index (χ1) is 8.93. The molecule has 0 aromatic carbocycles. The monoisotopic (exact) mass is 268 g/mol. The standard InChI is InChI=1S/C14H24N2O3/c1-3-5-14(7-8-14)10-15-12(19)16-9-4-6-13(16,2)11(17)18/h3-10H2,1-2H3,(H,15,19)(H,17,18). The number of hydrogen-bond donors (Lipinski definition) is 2. The van der Waals surface area contributed by atoms with E-state index in [1.807, 2.05) is 0 Å². The fraction of sp³-hybridized carbons (Fsp3) is 0.857. The van der Waals surface area contributed by atoms with Crippen molar-refractivity contribution in [3.05, 3.63) is 0 Å². The first-order valence-electron chi connectivity index (χ1n) is 7.22. The topological polar surface area (TPSA) is 69.6 Å². The van der Waals surface area contributed by atoms with E-state index < -0.39 is 11.5 Å². The van der Waals surface area contributed by atoms with Gasteiger partial charge in [0.05, 0.1) is 0 Å². The van der Waals surface area contributed by atoms with Gasteiger partial charge in [-0.05, 0) is 44.4 Å². The molecule has 19 heavy (non-hydrogen) atoms. The zero-order chi connectivity index (χ0) is 14.1. The van der Waals surface area contributed by atoms with E-state index in [-0.39, 0.29) is 6.03 Å². The van der Waals surface area contributed by atoms with E-state index in [2.05, 4.69) is 12.2 Å². The number of carboxylic acid groups (broad SMARTS) is 1. The Morgan fingerprint density at radius 1 is 1.32 bits per heavy atom. The molecule has 0 aromatic rings. The largest absolute Gasteiger partial charge is 0.480 e. The molecule has 0 radical (unpaired) electrons. The Morgan fingerprint density at radius 2 is 2.00 bits per heavy atom. The van der Waals surface area contributed by atoms with E-state index in [1.165, 1.54) is 17.7 Å². The Morgan fingerprint density at radius 3 is 2.53 bits per heavy atom. The van der Waals surface area contributed by atoms with Gasteiger partial charge in [-0.2, -0.15) is 0 Å². The SMILES string of the molecule is CCCC1(CNC(=O)N2CCCC2(C)C(=O)O)CC1. The van der Waals surface area contributed by atoms with Crippen molar-refractivity contribution in [3.63, 3.8) is 0 Å². The summed E-state index contributed by atoms with van der Waals surface area (Å²) in [7, 11) is 0. The van der Waals surface area contributed by atoms with Crippen LogP contribution in [0.3, 0.4) is 0 Å². The summed E-state index contributed by atoms with van der Waals surface area (Å²) < 4.78 is 0. The maximum atomic E-state index is 12.2. The second-order valence-electron chi connectivity index (χ2n) is 6.24. The van der Waals surface area contributed by atoms with E-state index in [0.717, 1.165) is 19.3 Å². The van der Waals surface area contributed by atoms with Gasteiger partial charge >= 0.3 is 12.0 Å². The zero-order valence-electron chi connectivity index (χ0n) is 11.9. The van der Waals surface area contributed by atoms with Crippen LogP contribution in [0.15, 0.2) is 0 Å². The molecule has 2 rings (SSSR count). The molecule has 1 atom stereocenters. The van der Waals surface area contributed by atoms with Crippen LogP contribution in [0, 0.1) is 5.41 Å². The van der Waals surface area contributed by atoms with Crippen LogP contribution < -0.4 is 5.32 Å². The predicted octanol–water partition coefficient (Wildman–Crippen LogP) is 2.22. The Kier molecular flexibility index (Phi) is 3.74. The molecule has 1 saturated heterocycles. The van der Waals surface area contributed by atoms with Crippen LogP contribution in [0.5, 0.6) is 0 Å². The minimum absolute atomic E-state index is 0.218. The van der Waals surface area contributed by atoms with Crippen LogP contribution in [-0.4, -0.2) is 40.6 Å². The third-order valence-electron chi connectivity index (χ3n) is 4.70. The number of hydrogen-bond acceptors (Lipinski definition) is 2. The molecule has 1 unspecified atom stereocenters. The maximum Gasteiger partial charge on any atom is 0.329 e. The highest BCUT2D eigenvalue weighted by molar-refractivity contribution is 5.86. The van der Waals surface area contributed by atoms with Crippen LogP contribution in [-0.2, 0) is 4.79 Å². The molecule has 5 heteroatoms. The third-order valence-corrected chi connectivity index (χ3v) is 4.70. The molecule has 2 amide bonds. The molecular weight excluding hydrogens is 244 g/mol. The average Bonchev–Trinajstić information content (AvgIpc) is 3.00. The molecule has 2 N–H and O–H groups in total. The predicted molar refractivity (Wildman–Crippen MR) is 72.0 cm³/mol. The van der Waals surface area contributed by atoms with Crippen molar-refractivity contribution in [3.8, 4) is 0 Å². The molecule has 1 saturated carbocycles. The summed E-state index contributed by atoms with van der Waals surface area (Å²) >= 11 is 0. The van der Waals surface area contributed by atoms with Crippen molar-refractivity contribution >= 4 is 12.0 Å². The van der Waals surface area contributed by atoms with Gasteiger partial charge in [-0.15, -0.1) is 0 Å². The second kappa shape index (κ2) is 5.02. The Balaban J connectivity index is 1.91. The smallest absolute Gasteiger partial charge is 0.329 e. The number of carbonyl (C=O) groups excluding carboxylic acids is 1. The Hall–Kier alpha value is -1.26. The van der Waals surface area contributed by atoms with Gasteiger partial charge in [0, 0.05) is 13.1 Å². The van der Waals surface area contributed by atoms with E-state index in [9.17, 15) is 14.7 Å². The Bertz CT molecular complexity index is 379. The fourth-order valence-corrected chi connectivity index (χ4v) is 3.09. The number of carbonyl (C=O) groups is 2. The van der Waals surface area contributed by atoms with Gasteiger partial charge in [0.25, 0.3) is 0 Å². The van der Waals surface area contributed by atoms with E-state index in [1.54, 1.807) is 6.92 Å². The Labute approximate surface area is 114 Å². The van der Waals surface area contributed by atoms with Crippen LogP contribution in [0.1, 0.15) is 52.4 Å². The highest BCUT2D eigenvalue weighted by Crippen LogP contribution is 2.49. The molecule has 5 nitrogen and oxygen atoms in total. The number of likely N-dealkylation sites (tertiary alicyclic amines) is 1. The van der Waals surface area contributed by atoms with Crippen molar-refractivity contribution < 1.29 is 14.7 Å². The minimum atomic E-state index is -1.04. The van der Waals surface area contributed by atoms with Crippen LogP contribution in [0.4, 0.5) is 4.79 Å². The summed E-state index contributed by atoms with van der Waals surface area (Å²) in [4.78, 5) is 25.0. The highest BCUT2D eigenvalue weighted by Gasteiger charge is 2.47. The number of carboxylic acids is 1. The van der Waals surface area contributed by atoms with Gasteiger partial charge in [-0.25, -0.2) is 9.59 Å². The lowest BCUT2D eigenvalue weighted by molar-refractivity contribution is -0.147. The molecular formula is C14H24N2O3. The highest BCUT2D eigenvalue weighted by atomic mass is 16.4. The molecule has 0 bridgehead atoms. The minimum Gasteiger partial charge on any atom is -0.480 e. The zero-order valence-corrected chi connectivity index (χ0v) is 11.9. The van der Waals surface area contributed by atoms with Crippen molar-refractivity contribution in [2.75, 3.05) is 13.1 Å². The number of nitrogens with one attached hydrogen (secondary N) is 1. The third kappa shape index (κ3) is 2.69. The summed E-state index contributed by atoms with van der Waals surface area (Å²) in [6, 6.07) is -0.218. The van der Waals surface area contributed by atoms with Crippen molar-refractivity contribution in [1.29, 1.82) is 0 Å². The maximum absolute atomic E-state index is 12.2. The van der Waals surface area contributed by atoms with Gasteiger partial charge in [0.1, 0.15) is 5.54 Å². The number of aliphatic carboxylic acids is 1. The lowest BCUT2D eigenvalue weighted by atomic mass is 9.99. The number of nitrogens with zero attached hydrogens (tertiary/aromatic N) is 1. The molecule has 108 valence electrons. The number of rotatable bonds is 5. The molecule has 2 fully saturated rings. The summed E-state index contributed by atoms with van der Waals surface area (Å²) in [6.07, 6.45) is 5.93. The molecule has 1 aliphatic carbocycles. The van der Waals surface area contributed by atoms with Gasteiger partial charge in [0.2, 0.25) is 0 Å². The van der Waals surface area contributed by atoms with Gasteiger partial charge < -0.3 is 15.3 Å². The first-order valence-corrected chi connectivity index (χ1v) is 7.22. The quantitative estimate of drug-likeness (QED) is 0.803. The van der Waals surface area contributed by atoms with Gasteiger partial charge in [-0.1, -0.05) is 13.3 Å². The average molecular weight is 268 g/mol. The van der Waals surface area contributed by atoms with Crippen molar-refractivity contribution in [2.24, 2.45) is 5.41 Å². The lowest BCUT2D eigenvalue weighted by Gasteiger charge is -2.31. The summed E-state index contributed by atoms with van der Waals surface area (Å²) in [5, 5.41) is 12.2. The van der Waals surface area contributed by atoms with Gasteiger partial charge in [0.15, 0.2) is 0 Å². The van der Waals surface area contributed by atoms with Gasteiger partial charge in [-0.3, -0.25) is 0 Å². The first kappa shape index (κ1) is 14.2. The summed E-state index contributed by atoms with van der Waals surface area (Å²) in [6.45, 7) is 5.02. The summed E-state index contributed by atoms with van der Waals surface area (Å²) in [5.41, 5.74) is -0.741. The van der Waals surface area contributed by atoms with E-state index >= 15 is 0 Å². The molecule has 1 heterocycles. The van der Waals surface area contributed by atoms with Crippen molar-refractivity contribution in [1.82, 2.24) is 10.2 Å². The summed E-state index contributed by atoms with van der Waals surface area (Å²) in [5.74, 6) is -0.908. The van der Waals surface area contributed by atoms with Crippen molar-refractivity contribution in [2.45, 2.75) is 57.9 Å². The van der Waals surface area contributed by atoms with E-state index in [0.29, 0.717) is 24.9 Å². The molecule has 2 aliphatic rings. The van der Waals surface area contributed by atoms with E-state index in [4.69, 9.17) is 0 Å². The van der Waals surface area contributed by atoms with Crippen LogP contribution >= 0.6 is 0 Å². The molecule has 0 aromatic heterocycles. The molecule has 0 spiro atoms. The van der Waals surface area contributed by atoms with Crippen LogP contribution in [0.25, 0.3) is 0 Å². The number of amides is 2. The fourth-order valence-electron chi connectivity index (χ4n) is 3.09. The second-order valence-corrected chi connectivity index (χ2v) is 6.24. The molecule has 1 aliphatic heterocycles.